The normalized spacial score (nSPS) is 20.1. The summed E-state index contributed by atoms with van der Waals surface area (Å²) in [5.74, 6) is -1.30. The monoisotopic (exact) mass is 480 g/mol. The number of rotatable bonds is 5. The lowest BCUT2D eigenvalue weighted by Crippen LogP contribution is -2.43. The molecule has 1 saturated heterocycles. The van der Waals surface area contributed by atoms with Gasteiger partial charge in [0.15, 0.2) is 0 Å². The molecule has 2 aliphatic heterocycles. The number of primary amides is 1. The van der Waals surface area contributed by atoms with E-state index in [1.54, 1.807) is 17.0 Å². The zero-order valence-corrected chi connectivity index (χ0v) is 18.6. The summed E-state index contributed by atoms with van der Waals surface area (Å²) < 4.78 is 32.3. The van der Waals surface area contributed by atoms with E-state index in [2.05, 4.69) is 15.2 Å². The predicted octanol–water partition coefficient (Wildman–Crippen LogP) is 2.84. The van der Waals surface area contributed by atoms with Crippen molar-refractivity contribution in [2.45, 2.75) is 31.2 Å². The van der Waals surface area contributed by atoms with E-state index in [0.717, 1.165) is 6.42 Å². The fourth-order valence-electron chi connectivity index (χ4n) is 4.38. The molecule has 0 bridgehead atoms. The molecule has 180 valence electrons. The van der Waals surface area contributed by atoms with Crippen LogP contribution in [0.25, 0.3) is 11.4 Å². The largest absolute Gasteiger partial charge is 0.368 e. The first-order valence-corrected chi connectivity index (χ1v) is 11.2. The number of nitrogens with two attached hydrogens (primary N) is 1. The average Bonchev–Trinajstić information content (AvgIpc) is 3.53. The standard InChI is InChI=1S/C24H22F2N6O3/c25-16-6-8-18(9-7-16)32-20(21(27)33)12-19(29-32)24(34)31-10-2-4-15(13-31)23-28-22(30-35-23)14-3-1-5-17(26)11-14/h1,3,5-9,11,15,20H,2,4,10,12-13H2,(H2,27,33). The van der Waals surface area contributed by atoms with Crippen molar-refractivity contribution >= 4 is 23.2 Å². The Bertz CT molecular complexity index is 1290. The Hall–Kier alpha value is -4.15. The quantitative estimate of drug-likeness (QED) is 0.600. The molecule has 2 N–H and O–H groups in total. The number of hydrogen-bond acceptors (Lipinski definition) is 7. The molecule has 0 aliphatic carbocycles. The summed E-state index contributed by atoms with van der Waals surface area (Å²) in [6.45, 7) is 0.845. The van der Waals surface area contributed by atoms with Crippen LogP contribution in [0.1, 0.15) is 31.1 Å². The zero-order valence-electron chi connectivity index (χ0n) is 18.6. The van der Waals surface area contributed by atoms with Crippen molar-refractivity contribution in [3.63, 3.8) is 0 Å². The van der Waals surface area contributed by atoms with Gasteiger partial charge in [-0.05, 0) is 49.2 Å². The summed E-state index contributed by atoms with van der Waals surface area (Å²) in [7, 11) is 0. The van der Waals surface area contributed by atoms with Gasteiger partial charge in [-0.3, -0.25) is 14.6 Å². The second-order valence-electron chi connectivity index (χ2n) is 8.55. The molecule has 1 aromatic heterocycles. The molecule has 35 heavy (non-hydrogen) atoms. The zero-order chi connectivity index (χ0) is 24.5. The summed E-state index contributed by atoms with van der Waals surface area (Å²) in [6, 6.07) is 10.5. The molecule has 2 unspecified atom stereocenters. The van der Waals surface area contributed by atoms with Gasteiger partial charge in [0.05, 0.1) is 11.6 Å². The summed E-state index contributed by atoms with van der Waals surface area (Å²) in [5.41, 5.74) is 6.71. The van der Waals surface area contributed by atoms with Crippen LogP contribution < -0.4 is 10.7 Å². The number of likely N-dealkylation sites (tertiary alicyclic amines) is 1. The maximum atomic E-state index is 13.5. The minimum atomic E-state index is -0.843. The van der Waals surface area contributed by atoms with E-state index in [1.165, 1.54) is 41.4 Å². The van der Waals surface area contributed by atoms with Crippen molar-refractivity contribution in [3.05, 3.63) is 66.1 Å². The number of hydrazone groups is 1. The van der Waals surface area contributed by atoms with Gasteiger partial charge in [0, 0.05) is 25.1 Å². The fourth-order valence-corrected chi connectivity index (χ4v) is 4.38. The molecule has 3 heterocycles. The summed E-state index contributed by atoms with van der Waals surface area (Å²) in [6.07, 6.45) is 1.51. The van der Waals surface area contributed by atoms with Crippen LogP contribution in [-0.2, 0) is 9.59 Å². The number of halogens is 2. The number of aromatic nitrogens is 2. The number of hydrogen-bond donors (Lipinski definition) is 1. The first-order chi connectivity index (χ1) is 16.9. The van der Waals surface area contributed by atoms with E-state index < -0.39 is 23.6 Å². The molecule has 5 rings (SSSR count). The molecule has 2 atom stereocenters. The number of piperidine rings is 1. The number of carbonyl (C=O) groups excluding carboxylic acids is 2. The van der Waals surface area contributed by atoms with Gasteiger partial charge in [-0.1, -0.05) is 17.3 Å². The van der Waals surface area contributed by atoms with Crippen LogP contribution in [0.5, 0.6) is 0 Å². The highest BCUT2D eigenvalue weighted by Crippen LogP contribution is 2.30. The lowest BCUT2D eigenvalue weighted by Gasteiger charge is -2.30. The molecule has 1 fully saturated rings. The van der Waals surface area contributed by atoms with Gasteiger partial charge in [0.25, 0.3) is 5.91 Å². The van der Waals surface area contributed by atoms with Crippen LogP contribution in [0.4, 0.5) is 14.5 Å². The van der Waals surface area contributed by atoms with Crippen LogP contribution >= 0.6 is 0 Å². The van der Waals surface area contributed by atoms with Gasteiger partial charge < -0.3 is 15.2 Å². The Balaban J connectivity index is 1.32. The third-order valence-corrected chi connectivity index (χ3v) is 6.16. The molecular formula is C24H22F2N6O3. The number of nitrogens with zero attached hydrogens (tertiary/aromatic N) is 5. The minimum absolute atomic E-state index is 0.0526. The molecule has 2 aromatic carbocycles. The summed E-state index contributed by atoms with van der Waals surface area (Å²) >= 11 is 0. The molecule has 0 spiro atoms. The molecule has 11 heteroatoms. The van der Waals surface area contributed by atoms with Crippen molar-refractivity contribution in [1.29, 1.82) is 0 Å². The second kappa shape index (κ2) is 9.24. The lowest BCUT2D eigenvalue weighted by molar-refractivity contribution is -0.125. The van der Waals surface area contributed by atoms with Gasteiger partial charge in [-0.25, -0.2) is 8.78 Å². The first-order valence-electron chi connectivity index (χ1n) is 11.2. The Morgan fingerprint density at radius 2 is 1.89 bits per heavy atom. The third-order valence-electron chi connectivity index (χ3n) is 6.16. The van der Waals surface area contributed by atoms with Crippen LogP contribution in [0, 0.1) is 11.6 Å². The Morgan fingerprint density at radius 1 is 1.09 bits per heavy atom. The van der Waals surface area contributed by atoms with Crippen LogP contribution in [0.2, 0.25) is 0 Å². The Morgan fingerprint density at radius 3 is 2.63 bits per heavy atom. The Kier molecular flexibility index (Phi) is 5.98. The van der Waals surface area contributed by atoms with E-state index >= 15 is 0 Å². The number of anilines is 1. The van der Waals surface area contributed by atoms with Crippen molar-refractivity contribution < 1.29 is 22.9 Å². The highest BCUT2D eigenvalue weighted by Gasteiger charge is 2.38. The summed E-state index contributed by atoms with van der Waals surface area (Å²) in [4.78, 5) is 31.4. The molecule has 0 saturated carbocycles. The summed E-state index contributed by atoms with van der Waals surface area (Å²) in [5, 5.41) is 9.69. The first kappa shape index (κ1) is 22.6. The second-order valence-corrected chi connectivity index (χ2v) is 8.55. The highest BCUT2D eigenvalue weighted by atomic mass is 19.1. The van der Waals surface area contributed by atoms with Crippen molar-refractivity contribution in [1.82, 2.24) is 15.0 Å². The van der Waals surface area contributed by atoms with E-state index in [1.807, 2.05) is 0 Å². The molecule has 3 aromatic rings. The van der Waals surface area contributed by atoms with E-state index in [0.29, 0.717) is 36.7 Å². The molecular weight excluding hydrogens is 458 g/mol. The third kappa shape index (κ3) is 4.61. The van der Waals surface area contributed by atoms with Gasteiger partial charge in [0.1, 0.15) is 23.4 Å². The van der Waals surface area contributed by atoms with Crippen LogP contribution in [-0.4, -0.2) is 51.7 Å². The van der Waals surface area contributed by atoms with Gasteiger partial charge in [0.2, 0.25) is 17.6 Å². The molecule has 0 radical (unpaired) electrons. The van der Waals surface area contributed by atoms with Gasteiger partial charge in [-0.15, -0.1) is 0 Å². The fraction of sp³-hybridized carbons (Fsp3) is 0.292. The van der Waals surface area contributed by atoms with Crippen molar-refractivity contribution in [3.8, 4) is 11.4 Å². The van der Waals surface area contributed by atoms with Crippen LogP contribution in [0.3, 0.4) is 0 Å². The maximum Gasteiger partial charge on any atom is 0.270 e. The number of amides is 2. The SMILES string of the molecule is NC(=O)C1CC(C(=O)N2CCCC(c3nc(-c4cccc(F)c4)no3)C2)=NN1c1ccc(F)cc1. The predicted molar refractivity (Wildman–Crippen MR) is 122 cm³/mol. The highest BCUT2D eigenvalue weighted by molar-refractivity contribution is 6.40. The van der Waals surface area contributed by atoms with E-state index in [-0.39, 0.29) is 29.8 Å². The van der Waals surface area contributed by atoms with E-state index in [4.69, 9.17) is 10.3 Å². The lowest BCUT2D eigenvalue weighted by atomic mass is 9.97. The van der Waals surface area contributed by atoms with Gasteiger partial charge in [-0.2, -0.15) is 10.1 Å². The van der Waals surface area contributed by atoms with Crippen LogP contribution in [0.15, 0.2) is 58.2 Å². The topological polar surface area (TPSA) is 118 Å². The number of benzene rings is 2. The minimum Gasteiger partial charge on any atom is -0.368 e. The van der Waals surface area contributed by atoms with Crippen molar-refractivity contribution in [2.75, 3.05) is 18.1 Å². The molecule has 2 aliphatic rings. The Labute approximate surface area is 199 Å². The van der Waals surface area contributed by atoms with E-state index in [9.17, 15) is 18.4 Å². The molecule has 2 amide bonds. The maximum absolute atomic E-state index is 13.5. The van der Waals surface area contributed by atoms with Gasteiger partial charge >= 0.3 is 0 Å². The molecule has 9 nitrogen and oxygen atoms in total. The van der Waals surface area contributed by atoms with Crippen molar-refractivity contribution in [2.24, 2.45) is 10.8 Å². The smallest absolute Gasteiger partial charge is 0.270 e. The average molecular weight is 480 g/mol. The number of carbonyl (C=O) groups is 2.